The predicted molar refractivity (Wildman–Crippen MR) is 62.1 cm³/mol. The fourth-order valence-corrected chi connectivity index (χ4v) is 3.12. The van der Waals surface area contributed by atoms with Gasteiger partial charge in [-0.25, -0.2) is 4.98 Å². The van der Waals surface area contributed by atoms with Crippen LogP contribution in [0, 0.1) is 18.3 Å². The second-order valence-electron chi connectivity index (χ2n) is 5.37. The first-order valence-electron chi connectivity index (χ1n) is 5.29. The van der Waals surface area contributed by atoms with Gasteiger partial charge in [0.1, 0.15) is 10.4 Å². The van der Waals surface area contributed by atoms with Crippen LogP contribution in [0.1, 0.15) is 49.2 Å². The van der Waals surface area contributed by atoms with Gasteiger partial charge in [-0.05, 0) is 19.8 Å². The van der Waals surface area contributed by atoms with Crippen LogP contribution in [0.25, 0.3) is 0 Å². The first kappa shape index (κ1) is 10.6. The minimum absolute atomic E-state index is 0.0877. The van der Waals surface area contributed by atoms with Gasteiger partial charge in [0.2, 0.25) is 0 Å². The Kier molecular flexibility index (Phi) is 2.16. The average Bonchev–Trinajstić information content (AvgIpc) is 2.82. The standard InChI is InChI=1S/C12H16N2S/c1-8-9(11(2,3)4)14-10(15-8)12(7-13)5-6-12/h5-6H2,1-4H3. The highest BCUT2D eigenvalue weighted by Crippen LogP contribution is 2.50. The predicted octanol–water partition coefficient (Wildman–Crippen LogP) is 3.30. The highest BCUT2D eigenvalue weighted by Gasteiger charge is 2.48. The second-order valence-corrected chi connectivity index (χ2v) is 6.57. The van der Waals surface area contributed by atoms with E-state index in [1.54, 1.807) is 11.3 Å². The Labute approximate surface area is 95.0 Å². The lowest BCUT2D eigenvalue weighted by atomic mass is 9.91. The average molecular weight is 220 g/mol. The fraction of sp³-hybridized carbons (Fsp3) is 0.667. The first-order valence-corrected chi connectivity index (χ1v) is 6.10. The number of hydrogen-bond acceptors (Lipinski definition) is 3. The summed E-state index contributed by atoms with van der Waals surface area (Å²) in [6.07, 6.45) is 1.97. The zero-order chi connectivity index (χ0) is 11.3. The van der Waals surface area contributed by atoms with Crippen LogP contribution < -0.4 is 0 Å². The van der Waals surface area contributed by atoms with E-state index < -0.39 is 0 Å². The molecule has 1 aromatic heterocycles. The van der Waals surface area contributed by atoms with Gasteiger partial charge in [0.05, 0.1) is 11.8 Å². The number of nitrogens with zero attached hydrogens (tertiary/aromatic N) is 2. The molecular formula is C12H16N2S. The molecule has 1 aromatic rings. The molecule has 3 heteroatoms. The molecule has 0 aromatic carbocycles. The number of aryl methyl sites for hydroxylation is 1. The molecule has 1 fully saturated rings. The smallest absolute Gasteiger partial charge is 0.113 e. The van der Waals surface area contributed by atoms with E-state index in [1.165, 1.54) is 4.88 Å². The highest BCUT2D eigenvalue weighted by atomic mass is 32.1. The van der Waals surface area contributed by atoms with E-state index in [0.717, 1.165) is 23.5 Å². The van der Waals surface area contributed by atoms with Crippen LogP contribution in [0.5, 0.6) is 0 Å². The number of aromatic nitrogens is 1. The summed E-state index contributed by atoms with van der Waals surface area (Å²) >= 11 is 1.70. The molecule has 0 aliphatic heterocycles. The van der Waals surface area contributed by atoms with Crippen molar-refractivity contribution in [1.82, 2.24) is 4.98 Å². The van der Waals surface area contributed by atoms with Crippen LogP contribution in [0.3, 0.4) is 0 Å². The maximum absolute atomic E-state index is 9.13. The summed E-state index contributed by atoms with van der Waals surface area (Å²) in [5.74, 6) is 0. The summed E-state index contributed by atoms with van der Waals surface area (Å²) < 4.78 is 0. The van der Waals surface area contributed by atoms with E-state index in [9.17, 15) is 0 Å². The topological polar surface area (TPSA) is 36.7 Å². The third kappa shape index (κ3) is 1.68. The Bertz CT molecular complexity index is 427. The van der Waals surface area contributed by atoms with E-state index in [4.69, 9.17) is 5.26 Å². The molecule has 0 saturated heterocycles. The van der Waals surface area contributed by atoms with Gasteiger partial charge in [0, 0.05) is 10.3 Å². The van der Waals surface area contributed by atoms with Crippen LogP contribution in [0.15, 0.2) is 0 Å². The Morgan fingerprint density at radius 2 is 2.00 bits per heavy atom. The molecule has 1 heterocycles. The van der Waals surface area contributed by atoms with Crippen molar-refractivity contribution in [2.24, 2.45) is 0 Å². The minimum Gasteiger partial charge on any atom is -0.244 e. The van der Waals surface area contributed by atoms with Gasteiger partial charge in [-0.3, -0.25) is 0 Å². The van der Waals surface area contributed by atoms with Gasteiger partial charge in [-0.1, -0.05) is 20.8 Å². The van der Waals surface area contributed by atoms with Crippen molar-refractivity contribution in [2.45, 2.75) is 51.4 Å². The lowest BCUT2D eigenvalue weighted by Crippen LogP contribution is -2.14. The molecule has 0 N–H and O–H groups in total. The van der Waals surface area contributed by atoms with Crippen molar-refractivity contribution in [3.8, 4) is 6.07 Å². The molecule has 0 spiro atoms. The van der Waals surface area contributed by atoms with Crippen molar-refractivity contribution < 1.29 is 0 Å². The fourth-order valence-electron chi connectivity index (χ4n) is 1.80. The quantitative estimate of drug-likeness (QED) is 0.728. The van der Waals surface area contributed by atoms with E-state index >= 15 is 0 Å². The molecule has 0 unspecified atom stereocenters. The molecule has 2 nitrogen and oxygen atoms in total. The van der Waals surface area contributed by atoms with Crippen molar-refractivity contribution in [3.63, 3.8) is 0 Å². The Morgan fingerprint density at radius 3 is 2.33 bits per heavy atom. The SMILES string of the molecule is Cc1sc(C2(C#N)CC2)nc1C(C)(C)C. The van der Waals surface area contributed by atoms with Gasteiger partial charge in [-0.15, -0.1) is 11.3 Å². The summed E-state index contributed by atoms with van der Waals surface area (Å²) in [7, 11) is 0. The van der Waals surface area contributed by atoms with Crippen molar-refractivity contribution in [2.75, 3.05) is 0 Å². The number of hydrogen-bond donors (Lipinski definition) is 0. The normalized spacial score (nSPS) is 18.6. The van der Waals surface area contributed by atoms with Crippen LogP contribution >= 0.6 is 11.3 Å². The van der Waals surface area contributed by atoms with Crippen molar-refractivity contribution in [3.05, 3.63) is 15.6 Å². The lowest BCUT2D eigenvalue weighted by molar-refractivity contribution is 0.566. The molecule has 0 radical (unpaired) electrons. The summed E-state index contributed by atoms with van der Waals surface area (Å²) in [6.45, 7) is 8.62. The van der Waals surface area contributed by atoms with Crippen LogP contribution in [-0.2, 0) is 10.8 Å². The number of rotatable bonds is 1. The summed E-state index contributed by atoms with van der Waals surface area (Å²) in [6, 6.07) is 2.41. The number of nitriles is 1. The molecule has 0 amide bonds. The third-order valence-corrected chi connectivity index (χ3v) is 4.06. The zero-order valence-corrected chi connectivity index (χ0v) is 10.5. The molecule has 0 bridgehead atoms. The monoisotopic (exact) mass is 220 g/mol. The summed E-state index contributed by atoms with van der Waals surface area (Å²) in [5.41, 5.74) is 1.02. The Hall–Kier alpha value is -0.880. The molecule has 1 aliphatic rings. The highest BCUT2D eigenvalue weighted by molar-refractivity contribution is 7.12. The van der Waals surface area contributed by atoms with Gasteiger partial charge < -0.3 is 0 Å². The molecular weight excluding hydrogens is 204 g/mol. The number of thiazole rings is 1. The first-order chi connectivity index (χ1) is 6.89. The lowest BCUT2D eigenvalue weighted by Gasteiger charge is -2.16. The van der Waals surface area contributed by atoms with Gasteiger partial charge >= 0.3 is 0 Å². The van der Waals surface area contributed by atoms with Gasteiger partial charge in [-0.2, -0.15) is 5.26 Å². The largest absolute Gasteiger partial charge is 0.244 e. The molecule has 80 valence electrons. The van der Waals surface area contributed by atoms with E-state index in [1.807, 2.05) is 0 Å². The van der Waals surface area contributed by atoms with Crippen LogP contribution in [0.4, 0.5) is 0 Å². The van der Waals surface area contributed by atoms with Crippen LogP contribution in [-0.4, -0.2) is 4.98 Å². The molecule has 1 saturated carbocycles. The maximum atomic E-state index is 9.13. The minimum atomic E-state index is -0.223. The molecule has 15 heavy (non-hydrogen) atoms. The maximum Gasteiger partial charge on any atom is 0.113 e. The van der Waals surface area contributed by atoms with E-state index in [-0.39, 0.29) is 10.8 Å². The summed E-state index contributed by atoms with van der Waals surface area (Å²) in [4.78, 5) is 5.95. The van der Waals surface area contributed by atoms with E-state index in [0.29, 0.717) is 0 Å². The van der Waals surface area contributed by atoms with Crippen molar-refractivity contribution in [1.29, 1.82) is 5.26 Å². The van der Waals surface area contributed by atoms with Crippen molar-refractivity contribution >= 4 is 11.3 Å². The Balaban J connectivity index is 2.43. The second kappa shape index (κ2) is 3.05. The molecule has 2 rings (SSSR count). The van der Waals surface area contributed by atoms with Gasteiger partial charge in [0.25, 0.3) is 0 Å². The summed E-state index contributed by atoms with van der Waals surface area (Å²) in [5, 5.41) is 10.2. The zero-order valence-electron chi connectivity index (χ0n) is 9.72. The van der Waals surface area contributed by atoms with Crippen LogP contribution in [0.2, 0.25) is 0 Å². The molecule has 0 atom stereocenters. The Morgan fingerprint density at radius 1 is 1.40 bits per heavy atom. The van der Waals surface area contributed by atoms with E-state index in [2.05, 4.69) is 38.7 Å². The molecule has 1 aliphatic carbocycles. The third-order valence-electron chi connectivity index (χ3n) is 2.88. The van der Waals surface area contributed by atoms with Gasteiger partial charge in [0.15, 0.2) is 0 Å².